The van der Waals surface area contributed by atoms with E-state index in [-0.39, 0.29) is 29.2 Å². The van der Waals surface area contributed by atoms with Crippen molar-refractivity contribution in [2.75, 3.05) is 38.3 Å². The predicted octanol–water partition coefficient (Wildman–Crippen LogP) is 6.22. The van der Waals surface area contributed by atoms with Crippen molar-refractivity contribution < 1.29 is 23.8 Å². The standard InChI is InChI=1S/C31H38ClNO5/c1-20(2)17-37-28(34)22-7-10-27-26(15-22)33(16-23-11-13-30(23,3)29(35)36-4)18-31(19-38-27)12-5-6-21-14-24(32)8-9-25(21)31/h7-10,14-15,20,23H,5-6,11-13,16-19H2,1-4H3/t23-,30-,31-/m0/s1. The second-order valence-electron chi connectivity index (χ2n) is 11.9. The van der Waals surface area contributed by atoms with Crippen molar-refractivity contribution in [2.24, 2.45) is 17.3 Å². The number of nitrogens with zero attached hydrogens (tertiary/aromatic N) is 1. The SMILES string of the molecule is COC(=O)[C@@]1(C)CC[C@H]1CN1C[C@@]2(CCCc3cc(Cl)ccc32)COc2ccc(C(=O)OCC(C)C)cc21. The van der Waals surface area contributed by atoms with Crippen LogP contribution in [0.2, 0.25) is 5.02 Å². The van der Waals surface area contributed by atoms with Gasteiger partial charge in [0.2, 0.25) is 0 Å². The molecule has 1 aliphatic heterocycles. The largest absolute Gasteiger partial charge is 0.490 e. The molecule has 1 saturated carbocycles. The van der Waals surface area contributed by atoms with Gasteiger partial charge in [0.25, 0.3) is 0 Å². The molecular weight excluding hydrogens is 502 g/mol. The summed E-state index contributed by atoms with van der Waals surface area (Å²) < 4.78 is 17.2. The first-order valence-electron chi connectivity index (χ1n) is 13.7. The quantitative estimate of drug-likeness (QED) is 0.406. The number of esters is 2. The molecule has 38 heavy (non-hydrogen) atoms. The van der Waals surface area contributed by atoms with Crippen molar-refractivity contribution in [3.63, 3.8) is 0 Å². The minimum Gasteiger partial charge on any atom is -0.490 e. The van der Waals surface area contributed by atoms with Gasteiger partial charge in [0, 0.05) is 23.5 Å². The summed E-state index contributed by atoms with van der Waals surface area (Å²) in [6.45, 7) is 8.37. The van der Waals surface area contributed by atoms with Gasteiger partial charge >= 0.3 is 11.9 Å². The van der Waals surface area contributed by atoms with E-state index < -0.39 is 5.41 Å². The lowest BCUT2D eigenvalue weighted by Crippen LogP contribution is -2.53. The summed E-state index contributed by atoms with van der Waals surface area (Å²) in [6, 6.07) is 11.8. The Labute approximate surface area is 230 Å². The fourth-order valence-electron chi connectivity index (χ4n) is 6.41. The van der Waals surface area contributed by atoms with Crippen LogP contribution >= 0.6 is 11.6 Å². The lowest BCUT2D eigenvalue weighted by molar-refractivity contribution is -0.162. The third-order valence-electron chi connectivity index (χ3n) is 8.83. The molecule has 2 aromatic rings. The van der Waals surface area contributed by atoms with Crippen LogP contribution in [0.3, 0.4) is 0 Å². The van der Waals surface area contributed by atoms with Crippen LogP contribution in [0.4, 0.5) is 5.69 Å². The first-order chi connectivity index (χ1) is 18.1. The van der Waals surface area contributed by atoms with Crippen molar-refractivity contribution in [1.29, 1.82) is 0 Å². The first kappa shape index (κ1) is 26.9. The van der Waals surface area contributed by atoms with Crippen molar-refractivity contribution in [2.45, 2.75) is 58.3 Å². The molecule has 0 N–H and O–H groups in total. The van der Waals surface area contributed by atoms with Gasteiger partial charge in [-0.05, 0) is 92.3 Å². The van der Waals surface area contributed by atoms with E-state index in [4.69, 9.17) is 25.8 Å². The highest BCUT2D eigenvalue weighted by Crippen LogP contribution is 2.50. The van der Waals surface area contributed by atoms with Crippen LogP contribution in [0, 0.1) is 17.3 Å². The average molecular weight is 540 g/mol. The molecule has 1 heterocycles. The molecule has 7 heteroatoms. The molecule has 2 aliphatic carbocycles. The molecule has 1 fully saturated rings. The Morgan fingerprint density at radius 1 is 1.18 bits per heavy atom. The average Bonchev–Trinajstić information content (AvgIpc) is 3.05. The van der Waals surface area contributed by atoms with Crippen LogP contribution in [0.1, 0.15) is 67.9 Å². The Kier molecular flexibility index (Phi) is 7.38. The zero-order valence-corrected chi connectivity index (χ0v) is 23.6. The van der Waals surface area contributed by atoms with Gasteiger partial charge < -0.3 is 19.1 Å². The summed E-state index contributed by atoms with van der Waals surface area (Å²) in [5.41, 5.74) is 3.21. The third-order valence-corrected chi connectivity index (χ3v) is 9.06. The Morgan fingerprint density at radius 3 is 2.71 bits per heavy atom. The third kappa shape index (κ3) is 4.88. The van der Waals surface area contributed by atoms with Gasteiger partial charge in [-0.15, -0.1) is 0 Å². The molecule has 0 bridgehead atoms. The van der Waals surface area contributed by atoms with E-state index in [9.17, 15) is 9.59 Å². The van der Waals surface area contributed by atoms with Gasteiger partial charge in [-0.3, -0.25) is 4.79 Å². The van der Waals surface area contributed by atoms with Crippen molar-refractivity contribution in [1.82, 2.24) is 0 Å². The maximum atomic E-state index is 12.9. The van der Waals surface area contributed by atoms with E-state index in [1.54, 1.807) is 6.07 Å². The number of hydrogen-bond acceptors (Lipinski definition) is 6. The van der Waals surface area contributed by atoms with E-state index in [1.165, 1.54) is 18.2 Å². The number of carbonyl (C=O) groups is 2. The summed E-state index contributed by atoms with van der Waals surface area (Å²) in [5, 5.41) is 0.753. The topological polar surface area (TPSA) is 65.1 Å². The number of ether oxygens (including phenoxy) is 3. The summed E-state index contributed by atoms with van der Waals surface area (Å²) >= 11 is 6.37. The monoisotopic (exact) mass is 539 g/mol. The highest BCUT2D eigenvalue weighted by atomic mass is 35.5. The number of halogens is 1. The van der Waals surface area contributed by atoms with Crippen LogP contribution in [0.25, 0.3) is 0 Å². The Hall–Kier alpha value is -2.73. The number of aryl methyl sites for hydroxylation is 1. The van der Waals surface area contributed by atoms with E-state index >= 15 is 0 Å². The zero-order valence-electron chi connectivity index (χ0n) is 22.8. The molecular formula is C31H38ClNO5. The van der Waals surface area contributed by atoms with E-state index in [2.05, 4.69) is 17.0 Å². The molecule has 0 saturated heterocycles. The second-order valence-corrected chi connectivity index (χ2v) is 12.4. The Balaban J connectivity index is 1.53. The number of carbonyl (C=O) groups excluding carboxylic acids is 2. The van der Waals surface area contributed by atoms with Crippen LogP contribution in [-0.4, -0.2) is 45.4 Å². The Morgan fingerprint density at radius 2 is 2.00 bits per heavy atom. The number of hydrogen-bond donors (Lipinski definition) is 0. The highest BCUT2D eigenvalue weighted by Gasteiger charge is 2.51. The van der Waals surface area contributed by atoms with Crippen molar-refractivity contribution in [3.05, 3.63) is 58.1 Å². The molecule has 3 atom stereocenters. The van der Waals surface area contributed by atoms with Crippen LogP contribution in [0.5, 0.6) is 5.75 Å². The van der Waals surface area contributed by atoms with Gasteiger partial charge in [0.1, 0.15) is 5.75 Å². The lowest BCUT2D eigenvalue weighted by Gasteiger charge is -2.48. The van der Waals surface area contributed by atoms with Crippen molar-refractivity contribution in [3.8, 4) is 5.75 Å². The van der Waals surface area contributed by atoms with Gasteiger partial charge in [0.05, 0.1) is 37.0 Å². The molecule has 2 aromatic carbocycles. The summed E-state index contributed by atoms with van der Waals surface area (Å²) in [5.74, 6) is 0.665. The van der Waals surface area contributed by atoms with E-state index in [0.29, 0.717) is 25.3 Å². The second kappa shape index (κ2) is 10.4. The van der Waals surface area contributed by atoms with Gasteiger partial charge in [-0.2, -0.15) is 0 Å². The van der Waals surface area contributed by atoms with Gasteiger partial charge in [-0.25, -0.2) is 4.79 Å². The number of benzene rings is 2. The highest BCUT2D eigenvalue weighted by molar-refractivity contribution is 6.30. The summed E-state index contributed by atoms with van der Waals surface area (Å²) in [7, 11) is 1.46. The predicted molar refractivity (Wildman–Crippen MR) is 148 cm³/mol. The molecule has 1 spiro atoms. The molecule has 3 aliphatic rings. The van der Waals surface area contributed by atoms with Crippen molar-refractivity contribution >= 4 is 29.2 Å². The molecule has 6 nitrogen and oxygen atoms in total. The summed E-state index contributed by atoms with van der Waals surface area (Å²) in [4.78, 5) is 27.9. The van der Waals surface area contributed by atoms with E-state index in [0.717, 1.165) is 55.1 Å². The van der Waals surface area contributed by atoms with Gasteiger partial charge in [0.15, 0.2) is 0 Å². The minimum absolute atomic E-state index is 0.141. The minimum atomic E-state index is -0.513. The van der Waals surface area contributed by atoms with Crippen LogP contribution in [0.15, 0.2) is 36.4 Å². The maximum absolute atomic E-state index is 12.9. The molecule has 0 radical (unpaired) electrons. The normalized spacial score (nSPS) is 26.1. The molecule has 5 rings (SSSR count). The number of rotatable bonds is 6. The first-order valence-corrected chi connectivity index (χ1v) is 14.1. The zero-order chi connectivity index (χ0) is 27.1. The number of methoxy groups -OCH3 is 1. The fourth-order valence-corrected chi connectivity index (χ4v) is 6.60. The van der Waals surface area contributed by atoms with Crippen LogP contribution < -0.4 is 9.64 Å². The lowest BCUT2D eigenvalue weighted by atomic mass is 9.61. The molecule has 0 aromatic heterocycles. The Bertz CT molecular complexity index is 1230. The number of fused-ring (bicyclic) bond motifs is 3. The summed E-state index contributed by atoms with van der Waals surface area (Å²) in [6.07, 6.45) is 4.81. The molecule has 0 unspecified atom stereocenters. The molecule has 204 valence electrons. The maximum Gasteiger partial charge on any atom is 0.338 e. The number of anilines is 1. The smallest absolute Gasteiger partial charge is 0.338 e. The fraction of sp³-hybridized carbons (Fsp3) is 0.548. The van der Waals surface area contributed by atoms with Crippen LogP contribution in [-0.2, 0) is 26.1 Å². The molecule has 0 amide bonds. The van der Waals surface area contributed by atoms with Gasteiger partial charge in [-0.1, -0.05) is 31.5 Å². The van der Waals surface area contributed by atoms with E-state index in [1.807, 2.05) is 39.0 Å².